The van der Waals surface area contributed by atoms with Gasteiger partial charge in [0.15, 0.2) is 0 Å². The van der Waals surface area contributed by atoms with Crippen LogP contribution in [-0.2, 0) is 0 Å². The van der Waals surface area contributed by atoms with E-state index in [1.54, 1.807) is 0 Å². The predicted molar refractivity (Wildman–Crippen MR) is 98.7 cm³/mol. The zero-order valence-corrected chi connectivity index (χ0v) is 14.4. The van der Waals surface area contributed by atoms with Gasteiger partial charge in [0, 0.05) is 0 Å². The van der Waals surface area contributed by atoms with Crippen LogP contribution >= 0.6 is 0 Å². The summed E-state index contributed by atoms with van der Waals surface area (Å²) in [6.07, 6.45) is 32.1. The third-order valence-corrected chi connectivity index (χ3v) is 3.47. The number of hydrogen-bond acceptors (Lipinski definition) is 0. The molecule has 0 spiro atoms. The minimum atomic E-state index is 1.04. The fraction of sp³-hybridized carbons (Fsp3) is 0.619. The Hall–Kier alpha value is -1.04. The summed E-state index contributed by atoms with van der Waals surface area (Å²) in [5.41, 5.74) is 0. The van der Waals surface area contributed by atoms with Crippen molar-refractivity contribution in [3.8, 4) is 0 Å². The number of allylic oxidation sites excluding steroid dienone is 8. The van der Waals surface area contributed by atoms with Gasteiger partial charge in [-0.1, -0.05) is 101 Å². The average Bonchev–Trinajstić information content (AvgIpc) is 2.50. The molecular weight excluding hydrogens is 252 g/mol. The van der Waals surface area contributed by atoms with Crippen LogP contribution in [0.4, 0.5) is 0 Å². The summed E-state index contributed by atoms with van der Waals surface area (Å²) >= 11 is 0. The highest BCUT2D eigenvalue weighted by Gasteiger charge is 1.88. The maximum absolute atomic E-state index is 2.30. The second-order valence-corrected chi connectivity index (χ2v) is 5.59. The Morgan fingerprint density at radius 2 is 1.10 bits per heavy atom. The Morgan fingerprint density at radius 3 is 1.81 bits per heavy atom. The van der Waals surface area contributed by atoms with Gasteiger partial charge in [0.2, 0.25) is 0 Å². The molecule has 120 valence electrons. The minimum absolute atomic E-state index is 1.04. The van der Waals surface area contributed by atoms with Crippen molar-refractivity contribution in [1.29, 1.82) is 0 Å². The van der Waals surface area contributed by atoms with E-state index < -0.39 is 0 Å². The molecule has 0 rings (SSSR count). The molecule has 0 saturated heterocycles. The molecular formula is C21H36. The Morgan fingerprint density at radius 1 is 0.524 bits per heavy atom. The normalized spacial score (nSPS) is 12.7. The SMILES string of the molecule is CC/C=C\CC=CCC=CC=CCCCCCCCCC. The Balaban J connectivity index is 3.31. The van der Waals surface area contributed by atoms with Crippen molar-refractivity contribution >= 4 is 0 Å². The van der Waals surface area contributed by atoms with Gasteiger partial charge in [-0.3, -0.25) is 0 Å². The summed E-state index contributed by atoms with van der Waals surface area (Å²) in [6, 6.07) is 0. The molecule has 0 unspecified atom stereocenters. The first-order valence-electron chi connectivity index (χ1n) is 9.03. The van der Waals surface area contributed by atoms with Crippen molar-refractivity contribution in [2.75, 3.05) is 0 Å². The van der Waals surface area contributed by atoms with Crippen LogP contribution < -0.4 is 0 Å². The van der Waals surface area contributed by atoms with Crippen molar-refractivity contribution < 1.29 is 0 Å². The molecule has 0 bridgehead atoms. The van der Waals surface area contributed by atoms with Crippen molar-refractivity contribution in [2.45, 2.75) is 84.5 Å². The second kappa shape index (κ2) is 19.0. The van der Waals surface area contributed by atoms with Crippen LogP contribution in [0.2, 0.25) is 0 Å². The highest BCUT2D eigenvalue weighted by atomic mass is 13.9. The minimum Gasteiger partial charge on any atom is -0.0885 e. The summed E-state index contributed by atoms with van der Waals surface area (Å²) < 4.78 is 0. The maximum Gasteiger partial charge on any atom is -0.0166 e. The molecule has 0 atom stereocenters. The summed E-state index contributed by atoms with van der Waals surface area (Å²) in [5, 5.41) is 0. The standard InChI is InChI=1S/C21H36/c1-3-5-7-9-11-13-15-17-19-21-20-18-16-14-12-10-8-6-4-2/h5,7,11,13,17,19-21H,3-4,6,8-10,12,14-16,18H2,1-2H3/b7-5-,13-11?,19-17?,21-20?. The van der Waals surface area contributed by atoms with Gasteiger partial charge in [-0.25, -0.2) is 0 Å². The first-order chi connectivity index (χ1) is 10.4. The van der Waals surface area contributed by atoms with E-state index in [1.165, 1.54) is 51.4 Å². The third-order valence-electron chi connectivity index (χ3n) is 3.47. The maximum atomic E-state index is 2.30. The molecule has 0 radical (unpaired) electrons. The lowest BCUT2D eigenvalue weighted by Crippen LogP contribution is -1.78. The van der Waals surface area contributed by atoms with E-state index in [0.29, 0.717) is 0 Å². The van der Waals surface area contributed by atoms with Crippen LogP contribution in [0, 0.1) is 0 Å². The molecule has 0 aliphatic heterocycles. The number of hydrogen-bond donors (Lipinski definition) is 0. The second-order valence-electron chi connectivity index (χ2n) is 5.59. The van der Waals surface area contributed by atoms with Crippen molar-refractivity contribution in [1.82, 2.24) is 0 Å². The molecule has 0 heterocycles. The fourth-order valence-corrected chi connectivity index (χ4v) is 2.16. The van der Waals surface area contributed by atoms with E-state index in [-0.39, 0.29) is 0 Å². The molecule has 0 amide bonds. The molecule has 0 fully saturated rings. The largest absolute Gasteiger partial charge is 0.0885 e. The molecule has 0 N–H and O–H groups in total. The summed E-state index contributed by atoms with van der Waals surface area (Å²) in [5.74, 6) is 0. The van der Waals surface area contributed by atoms with Crippen molar-refractivity contribution in [3.63, 3.8) is 0 Å². The molecule has 0 aliphatic carbocycles. The van der Waals surface area contributed by atoms with Crippen LogP contribution in [0.1, 0.15) is 84.5 Å². The van der Waals surface area contributed by atoms with Crippen molar-refractivity contribution in [3.05, 3.63) is 48.6 Å². The van der Waals surface area contributed by atoms with E-state index in [9.17, 15) is 0 Å². The Labute approximate surface area is 133 Å². The van der Waals surface area contributed by atoms with Crippen LogP contribution in [0.3, 0.4) is 0 Å². The third kappa shape index (κ3) is 19.0. The molecule has 0 heteroatoms. The smallest absolute Gasteiger partial charge is 0.0166 e. The predicted octanol–water partition coefficient (Wildman–Crippen LogP) is 7.54. The Bertz CT molecular complexity index is 291. The molecule has 0 aromatic rings. The van der Waals surface area contributed by atoms with E-state index >= 15 is 0 Å². The Kier molecular flexibility index (Phi) is 18.0. The highest BCUT2D eigenvalue weighted by Crippen LogP contribution is 2.08. The van der Waals surface area contributed by atoms with Gasteiger partial charge in [-0.2, -0.15) is 0 Å². The molecule has 0 aromatic heterocycles. The van der Waals surface area contributed by atoms with Crippen molar-refractivity contribution in [2.24, 2.45) is 0 Å². The average molecular weight is 289 g/mol. The topological polar surface area (TPSA) is 0 Å². The quantitative estimate of drug-likeness (QED) is 0.176. The summed E-state index contributed by atoms with van der Waals surface area (Å²) in [6.45, 7) is 4.44. The summed E-state index contributed by atoms with van der Waals surface area (Å²) in [4.78, 5) is 0. The molecule has 0 nitrogen and oxygen atoms in total. The number of rotatable bonds is 14. The van der Waals surface area contributed by atoms with E-state index in [1.807, 2.05) is 0 Å². The molecule has 0 aliphatic rings. The monoisotopic (exact) mass is 288 g/mol. The van der Waals surface area contributed by atoms with Crippen LogP contribution in [0.15, 0.2) is 48.6 Å². The van der Waals surface area contributed by atoms with Crippen LogP contribution in [0.25, 0.3) is 0 Å². The van der Waals surface area contributed by atoms with Gasteiger partial charge < -0.3 is 0 Å². The van der Waals surface area contributed by atoms with Gasteiger partial charge in [0.1, 0.15) is 0 Å². The van der Waals surface area contributed by atoms with Gasteiger partial charge in [0.05, 0.1) is 0 Å². The van der Waals surface area contributed by atoms with Gasteiger partial charge in [-0.15, -0.1) is 0 Å². The van der Waals surface area contributed by atoms with Gasteiger partial charge >= 0.3 is 0 Å². The number of unbranched alkanes of at least 4 members (excludes halogenated alkanes) is 7. The van der Waals surface area contributed by atoms with E-state index in [2.05, 4.69) is 62.5 Å². The van der Waals surface area contributed by atoms with Crippen LogP contribution in [0.5, 0.6) is 0 Å². The molecule has 0 saturated carbocycles. The van der Waals surface area contributed by atoms with E-state index in [0.717, 1.165) is 19.3 Å². The zero-order valence-electron chi connectivity index (χ0n) is 14.4. The highest BCUT2D eigenvalue weighted by molar-refractivity contribution is 5.05. The lowest BCUT2D eigenvalue weighted by Gasteiger charge is -1.98. The zero-order chi connectivity index (χ0) is 15.4. The molecule has 21 heavy (non-hydrogen) atoms. The fourth-order valence-electron chi connectivity index (χ4n) is 2.16. The van der Waals surface area contributed by atoms with Gasteiger partial charge in [-0.05, 0) is 32.1 Å². The van der Waals surface area contributed by atoms with Gasteiger partial charge in [0.25, 0.3) is 0 Å². The first-order valence-corrected chi connectivity index (χ1v) is 9.03. The van der Waals surface area contributed by atoms with Crippen LogP contribution in [-0.4, -0.2) is 0 Å². The lowest BCUT2D eigenvalue weighted by atomic mass is 10.1. The lowest BCUT2D eigenvalue weighted by molar-refractivity contribution is 0.592. The molecule has 0 aromatic carbocycles. The van der Waals surface area contributed by atoms with E-state index in [4.69, 9.17) is 0 Å². The first kappa shape index (κ1) is 20.0. The summed E-state index contributed by atoms with van der Waals surface area (Å²) in [7, 11) is 0.